The van der Waals surface area contributed by atoms with Crippen LogP contribution in [-0.2, 0) is 28.5 Å². The lowest BCUT2D eigenvalue weighted by molar-refractivity contribution is -0.348. The first-order chi connectivity index (χ1) is 13.7. The molecule has 1 aromatic rings. The van der Waals surface area contributed by atoms with Gasteiger partial charge in [-0.3, -0.25) is 4.79 Å². The Morgan fingerprint density at radius 3 is 2.24 bits per heavy atom. The third-order valence-electron chi connectivity index (χ3n) is 5.86. The van der Waals surface area contributed by atoms with Gasteiger partial charge in [-0.05, 0) is 19.1 Å². The Labute approximate surface area is 168 Å². The Hall–Kier alpha value is -2.04. The Bertz CT molecular complexity index is 750. The number of carbonyl (C=O) groups is 2. The van der Waals surface area contributed by atoms with Crippen LogP contribution < -0.4 is 0 Å². The van der Waals surface area contributed by atoms with Crippen molar-refractivity contribution in [3.8, 4) is 0 Å². The molecule has 0 amide bonds. The molecule has 1 aromatic carbocycles. The smallest absolute Gasteiger partial charge is 0.338 e. The first-order valence-corrected chi connectivity index (χ1v) is 9.20. The second-order valence-electron chi connectivity index (χ2n) is 7.50. The highest BCUT2D eigenvalue weighted by Crippen LogP contribution is 2.55. The van der Waals surface area contributed by atoms with E-state index >= 15 is 0 Å². The molecule has 7 atom stereocenters. The highest BCUT2D eigenvalue weighted by molar-refractivity contribution is 5.89. The molecule has 0 aromatic heterocycles. The van der Waals surface area contributed by atoms with Crippen LogP contribution >= 0.6 is 0 Å². The van der Waals surface area contributed by atoms with Gasteiger partial charge in [0.15, 0.2) is 12.6 Å². The lowest BCUT2D eigenvalue weighted by atomic mass is 9.72. The number of hydrogen-bond donors (Lipinski definition) is 2. The molecule has 1 saturated heterocycles. The maximum atomic E-state index is 12.5. The number of methoxy groups -OCH3 is 3. The highest BCUT2D eigenvalue weighted by atomic mass is 16.8. The minimum absolute atomic E-state index is 0.230. The summed E-state index contributed by atoms with van der Waals surface area (Å²) in [5.41, 5.74) is -3.33. The summed E-state index contributed by atoms with van der Waals surface area (Å²) in [6.07, 6.45) is -3.64. The third kappa shape index (κ3) is 3.53. The Morgan fingerprint density at radius 1 is 1.07 bits per heavy atom. The van der Waals surface area contributed by atoms with Crippen LogP contribution in [0.4, 0.5) is 0 Å². The van der Waals surface area contributed by atoms with Crippen molar-refractivity contribution in [1.29, 1.82) is 0 Å². The van der Waals surface area contributed by atoms with E-state index in [9.17, 15) is 19.8 Å². The van der Waals surface area contributed by atoms with Crippen LogP contribution in [0.5, 0.6) is 0 Å². The van der Waals surface area contributed by atoms with Gasteiger partial charge in [0.25, 0.3) is 0 Å². The van der Waals surface area contributed by atoms with E-state index in [4.69, 9.17) is 23.7 Å². The largest absolute Gasteiger partial charge is 0.469 e. The van der Waals surface area contributed by atoms with Crippen molar-refractivity contribution in [2.45, 2.75) is 43.2 Å². The van der Waals surface area contributed by atoms with Crippen LogP contribution in [0, 0.1) is 11.8 Å². The fourth-order valence-corrected chi connectivity index (χ4v) is 4.45. The van der Waals surface area contributed by atoms with E-state index in [1.165, 1.54) is 28.3 Å². The number of ether oxygens (including phenoxy) is 5. The number of aliphatic hydroxyl groups is 2. The Balaban J connectivity index is 1.97. The highest BCUT2D eigenvalue weighted by Gasteiger charge is 2.72. The molecule has 0 radical (unpaired) electrons. The van der Waals surface area contributed by atoms with Gasteiger partial charge in [0.05, 0.1) is 24.2 Å². The molecule has 0 unspecified atom stereocenters. The second kappa shape index (κ2) is 8.00. The van der Waals surface area contributed by atoms with Gasteiger partial charge in [0.1, 0.15) is 17.6 Å². The van der Waals surface area contributed by atoms with Crippen molar-refractivity contribution in [1.82, 2.24) is 0 Å². The van der Waals surface area contributed by atoms with Crippen molar-refractivity contribution in [2.24, 2.45) is 11.8 Å². The summed E-state index contributed by atoms with van der Waals surface area (Å²) < 4.78 is 26.6. The zero-order chi connectivity index (χ0) is 21.4. The molecule has 9 nitrogen and oxygen atoms in total. The van der Waals surface area contributed by atoms with Gasteiger partial charge in [-0.25, -0.2) is 4.79 Å². The number of rotatable bonds is 5. The van der Waals surface area contributed by atoms with E-state index in [0.717, 1.165) is 0 Å². The molecular formula is C20H26O9. The lowest BCUT2D eigenvalue weighted by Crippen LogP contribution is -2.65. The normalized spacial score (nSPS) is 38.9. The standard InChI is InChI=1S/C20H26O9/c1-19(23)12(28-15(21)11-8-6-5-7-9-11)10-20(24)13(16(22)25-2)17(26-3)29-18(27-4)14(19)20/h5-9,12-14,17-18,23-24H,10H2,1-4H3/t12-,13-,14+,17-,18+,19-,20-/m0/s1. The van der Waals surface area contributed by atoms with Crippen LogP contribution in [-0.4, -0.2) is 73.4 Å². The van der Waals surface area contributed by atoms with Crippen LogP contribution in [0.2, 0.25) is 0 Å². The van der Waals surface area contributed by atoms with Crippen LogP contribution in [0.15, 0.2) is 30.3 Å². The number of benzene rings is 1. The molecule has 3 rings (SSSR count). The van der Waals surface area contributed by atoms with E-state index in [1.807, 2.05) is 0 Å². The van der Waals surface area contributed by atoms with E-state index in [2.05, 4.69) is 0 Å². The number of hydrogen-bond acceptors (Lipinski definition) is 9. The molecule has 160 valence electrons. The SMILES string of the molecule is COC(=O)[C@H]1[C@@H](OC)O[C@@H](OC)[C@@H]2[C@@](C)(O)[C@@H](OC(=O)c3ccccc3)C[C@@]21O. The summed E-state index contributed by atoms with van der Waals surface area (Å²) in [5, 5.41) is 22.8. The van der Waals surface area contributed by atoms with Crippen molar-refractivity contribution < 1.29 is 43.5 Å². The molecular weight excluding hydrogens is 384 g/mol. The number of fused-ring (bicyclic) bond motifs is 1. The van der Waals surface area contributed by atoms with Crippen molar-refractivity contribution in [2.75, 3.05) is 21.3 Å². The fraction of sp³-hybridized carbons (Fsp3) is 0.600. The maximum absolute atomic E-state index is 12.5. The topological polar surface area (TPSA) is 121 Å². The molecule has 1 heterocycles. The molecule has 1 aliphatic heterocycles. The first kappa shape index (κ1) is 21.7. The zero-order valence-electron chi connectivity index (χ0n) is 16.7. The summed E-state index contributed by atoms with van der Waals surface area (Å²) >= 11 is 0. The Morgan fingerprint density at radius 2 is 1.69 bits per heavy atom. The molecule has 29 heavy (non-hydrogen) atoms. The fourth-order valence-electron chi connectivity index (χ4n) is 4.45. The number of carbonyl (C=O) groups excluding carboxylic acids is 2. The van der Waals surface area contributed by atoms with E-state index in [-0.39, 0.29) is 6.42 Å². The lowest BCUT2D eigenvalue weighted by Gasteiger charge is -2.49. The van der Waals surface area contributed by atoms with Crippen molar-refractivity contribution in [3.05, 3.63) is 35.9 Å². The number of esters is 2. The van der Waals surface area contributed by atoms with Gasteiger partial charge >= 0.3 is 11.9 Å². The van der Waals surface area contributed by atoms with Gasteiger partial charge in [0.2, 0.25) is 0 Å². The summed E-state index contributed by atoms with van der Waals surface area (Å²) in [6.45, 7) is 1.41. The third-order valence-corrected chi connectivity index (χ3v) is 5.86. The van der Waals surface area contributed by atoms with Gasteiger partial charge in [-0.15, -0.1) is 0 Å². The van der Waals surface area contributed by atoms with E-state index in [0.29, 0.717) is 5.56 Å². The summed E-state index contributed by atoms with van der Waals surface area (Å²) in [6, 6.07) is 8.27. The monoisotopic (exact) mass is 410 g/mol. The van der Waals surface area contributed by atoms with E-state index < -0.39 is 53.7 Å². The van der Waals surface area contributed by atoms with Crippen LogP contribution in [0.3, 0.4) is 0 Å². The maximum Gasteiger partial charge on any atom is 0.338 e. The van der Waals surface area contributed by atoms with Crippen LogP contribution in [0.1, 0.15) is 23.7 Å². The van der Waals surface area contributed by atoms with Crippen molar-refractivity contribution >= 4 is 11.9 Å². The minimum Gasteiger partial charge on any atom is -0.469 e. The summed E-state index contributed by atoms with van der Waals surface area (Å²) in [4.78, 5) is 25.0. The minimum atomic E-state index is -1.86. The van der Waals surface area contributed by atoms with Gasteiger partial charge in [-0.1, -0.05) is 18.2 Å². The Kier molecular flexibility index (Phi) is 5.98. The molecule has 1 saturated carbocycles. The predicted molar refractivity (Wildman–Crippen MR) is 97.5 cm³/mol. The zero-order valence-corrected chi connectivity index (χ0v) is 16.7. The quantitative estimate of drug-likeness (QED) is 0.668. The molecule has 0 spiro atoms. The van der Waals surface area contributed by atoms with E-state index in [1.54, 1.807) is 30.3 Å². The summed E-state index contributed by atoms with van der Waals surface area (Å²) in [5.74, 6) is -3.82. The molecule has 2 aliphatic rings. The molecule has 0 bridgehead atoms. The average Bonchev–Trinajstić information content (AvgIpc) is 2.92. The second-order valence-corrected chi connectivity index (χ2v) is 7.50. The predicted octanol–water partition coefficient (Wildman–Crippen LogP) is 0.478. The van der Waals surface area contributed by atoms with Gasteiger partial charge < -0.3 is 33.9 Å². The summed E-state index contributed by atoms with van der Waals surface area (Å²) in [7, 11) is 3.84. The molecule has 2 fully saturated rings. The van der Waals surface area contributed by atoms with Crippen molar-refractivity contribution in [3.63, 3.8) is 0 Å². The average molecular weight is 410 g/mol. The molecule has 1 aliphatic carbocycles. The van der Waals surface area contributed by atoms with Gasteiger partial charge in [-0.2, -0.15) is 0 Å². The molecule has 9 heteroatoms. The first-order valence-electron chi connectivity index (χ1n) is 9.20. The van der Waals surface area contributed by atoms with Gasteiger partial charge in [0, 0.05) is 20.6 Å². The molecule has 2 N–H and O–H groups in total. The van der Waals surface area contributed by atoms with Crippen LogP contribution in [0.25, 0.3) is 0 Å².